The number of amides is 4. The molecule has 0 radical (unpaired) electrons. The van der Waals surface area contributed by atoms with Crippen LogP contribution in [0.1, 0.15) is 17.0 Å². The molecule has 0 spiro atoms. The number of anilines is 1. The zero-order chi connectivity index (χ0) is 20.5. The van der Waals surface area contributed by atoms with Crippen LogP contribution in [0.3, 0.4) is 0 Å². The molecule has 1 saturated heterocycles. The highest BCUT2D eigenvalue weighted by Gasteiger charge is 2.37. The van der Waals surface area contributed by atoms with Crippen molar-refractivity contribution >= 4 is 29.6 Å². The molecule has 0 atom stereocenters. The molecule has 0 aliphatic carbocycles. The molecular weight excluding hydrogens is 368 g/mol. The monoisotopic (exact) mass is 386 g/mol. The van der Waals surface area contributed by atoms with Crippen molar-refractivity contribution in [2.75, 3.05) is 4.90 Å². The van der Waals surface area contributed by atoms with Crippen molar-refractivity contribution in [3.05, 3.63) is 83.4 Å². The van der Waals surface area contributed by atoms with E-state index in [4.69, 9.17) is 0 Å². The number of rotatable bonds is 3. The van der Waals surface area contributed by atoms with Gasteiger partial charge in [0.25, 0.3) is 11.8 Å². The maximum absolute atomic E-state index is 13.0. The first kappa shape index (κ1) is 18.4. The second-order valence-electron chi connectivity index (χ2n) is 6.66. The first-order chi connectivity index (χ1) is 14.0. The van der Waals surface area contributed by atoms with Gasteiger partial charge in [-0.05, 0) is 55.8 Å². The number of benzene rings is 1. The fraction of sp³-hybridized carbons (Fsp3) is 0.0909. The highest BCUT2D eigenvalue weighted by atomic mass is 16.2. The van der Waals surface area contributed by atoms with Gasteiger partial charge in [0.2, 0.25) is 0 Å². The summed E-state index contributed by atoms with van der Waals surface area (Å²) >= 11 is 0. The Morgan fingerprint density at radius 3 is 2.31 bits per heavy atom. The molecule has 29 heavy (non-hydrogen) atoms. The lowest BCUT2D eigenvalue weighted by molar-refractivity contribution is -0.122. The number of urea groups is 1. The maximum atomic E-state index is 13.0. The molecule has 1 aliphatic rings. The first-order valence-corrected chi connectivity index (χ1v) is 9.03. The third kappa shape index (κ3) is 3.23. The second kappa shape index (κ2) is 7.20. The normalized spacial score (nSPS) is 15.7. The molecule has 2 aromatic heterocycles. The number of nitrogens with one attached hydrogen (secondary N) is 1. The molecule has 7 heteroatoms. The molecule has 1 fully saturated rings. The number of pyridine rings is 1. The van der Waals surface area contributed by atoms with Crippen LogP contribution in [0.4, 0.5) is 10.5 Å². The van der Waals surface area contributed by atoms with Gasteiger partial charge in [-0.2, -0.15) is 0 Å². The van der Waals surface area contributed by atoms with E-state index in [1.54, 1.807) is 0 Å². The van der Waals surface area contributed by atoms with Crippen LogP contribution in [-0.2, 0) is 9.59 Å². The molecule has 7 nitrogen and oxygen atoms in total. The van der Waals surface area contributed by atoms with E-state index in [0.29, 0.717) is 5.69 Å². The van der Waals surface area contributed by atoms with Crippen molar-refractivity contribution in [3.8, 4) is 5.69 Å². The second-order valence-corrected chi connectivity index (χ2v) is 6.66. The van der Waals surface area contributed by atoms with Crippen LogP contribution in [0.2, 0.25) is 0 Å². The summed E-state index contributed by atoms with van der Waals surface area (Å²) in [5.74, 6) is -1.38. The predicted molar refractivity (Wildman–Crippen MR) is 108 cm³/mol. The van der Waals surface area contributed by atoms with Gasteiger partial charge in [-0.1, -0.05) is 18.2 Å². The van der Waals surface area contributed by atoms with Gasteiger partial charge in [0.1, 0.15) is 5.57 Å². The lowest BCUT2D eigenvalue weighted by Crippen LogP contribution is -2.54. The smallest absolute Gasteiger partial charge is 0.318 e. The Morgan fingerprint density at radius 1 is 0.931 bits per heavy atom. The van der Waals surface area contributed by atoms with E-state index in [0.717, 1.165) is 27.5 Å². The number of hydrogen-bond acceptors (Lipinski definition) is 4. The lowest BCUT2D eigenvalue weighted by Gasteiger charge is -2.26. The summed E-state index contributed by atoms with van der Waals surface area (Å²) in [6.45, 7) is 3.88. The van der Waals surface area contributed by atoms with E-state index in [9.17, 15) is 14.4 Å². The summed E-state index contributed by atoms with van der Waals surface area (Å²) in [6, 6.07) is 14.0. The molecular formula is C22H18N4O3. The largest absolute Gasteiger partial charge is 0.335 e. The molecule has 144 valence electrons. The van der Waals surface area contributed by atoms with Gasteiger partial charge < -0.3 is 4.57 Å². The topological polar surface area (TPSA) is 84.3 Å². The van der Waals surface area contributed by atoms with Gasteiger partial charge in [0.15, 0.2) is 0 Å². The third-order valence-corrected chi connectivity index (χ3v) is 4.81. The Bertz CT molecular complexity index is 1150. The summed E-state index contributed by atoms with van der Waals surface area (Å²) < 4.78 is 2.05. The van der Waals surface area contributed by atoms with E-state index in [2.05, 4.69) is 10.3 Å². The zero-order valence-corrected chi connectivity index (χ0v) is 15.9. The number of para-hydroxylation sites is 1. The number of barbiturate groups is 1. The van der Waals surface area contributed by atoms with Gasteiger partial charge in [-0.15, -0.1) is 0 Å². The minimum Gasteiger partial charge on any atom is -0.318 e. The fourth-order valence-corrected chi connectivity index (χ4v) is 3.45. The summed E-state index contributed by atoms with van der Waals surface area (Å²) in [5, 5.41) is 2.23. The van der Waals surface area contributed by atoms with Gasteiger partial charge >= 0.3 is 6.03 Å². The van der Waals surface area contributed by atoms with Gasteiger partial charge in [0.05, 0.1) is 5.69 Å². The maximum Gasteiger partial charge on any atom is 0.335 e. The summed E-state index contributed by atoms with van der Waals surface area (Å²) in [5.41, 5.74) is 3.81. The molecule has 0 bridgehead atoms. The quantitative estimate of drug-likeness (QED) is 0.554. The van der Waals surface area contributed by atoms with Crippen LogP contribution < -0.4 is 10.2 Å². The molecule has 1 aliphatic heterocycles. The highest BCUT2D eigenvalue weighted by Crippen LogP contribution is 2.25. The molecule has 3 heterocycles. The van der Waals surface area contributed by atoms with E-state index in [1.165, 1.54) is 30.6 Å². The number of imide groups is 2. The van der Waals surface area contributed by atoms with Crippen LogP contribution in [0, 0.1) is 13.8 Å². The molecule has 1 aromatic carbocycles. The Labute approximate surface area is 167 Å². The average Bonchev–Trinajstić information content (AvgIpc) is 2.99. The fourth-order valence-electron chi connectivity index (χ4n) is 3.45. The highest BCUT2D eigenvalue weighted by molar-refractivity contribution is 6.39. The first-order valence-electron chi connectivity index (χ1n) is 9.03. The standard InChI is InChI=1S/C22H18N4O3/c1-14-12-16(15(2)25(14)17-6-4-3-5-7-17)13-19-20(27)24-22(29)26(21(19)28)18-8-10-23-11-9-18/h3-13H,1-2H3,(H,24,27,29)/b19-13-. The number of hydrogen-bond donors (Lipinski definition) is 1. The molecule has 3 aromatic rings. The number of carbonyl (C=O) groups is 3. The molecule has 4 amide bonds. The van der Waals surface area contributed by atoms with Crippen molar-refractivity contribution in [2.24, 2.45) is 0 Å². The summed E-state index contributed by atoms with van der Waals surface area (Å²) in [6.07, 6.45) is 4.48. The van der Waals surface area contributed by atoms with Crippen molar-refractivity contribution in [2.45, 2.75) is 13.8 Å². The number of aromatic nitrogens is 2. The molecule has 0 unspecified atom stereocenters. The summed E-state index contributed by atoms with van der Waals surface area (Å²) in [7, 11) is 0. The van der Waals surface area contributed by atoms with Crippen molar-refractivity contribution < 1.29 is 14.4 Å². The minimum atomic E-state index is -0.780. The third-order valence-electron chi connectivity index (χ3n) is 4.81. The van der Waals surface area contributed by atoms with Crippen LogP contribution >= 0.6 is 0 Å². The number of aryl methyl sites for hydroxylation is 1. The Balaban J connectivity index is 1.77. The predicted octanol–water partition coefficient (Wildman–Crippen LogP) is 3.16. The Hall–Kier alpha value is -4.00. The number of nitrogens with zero attached hydrogens (tertiary/aromatic N) is 3. The van der Waals surface area contributed by atoms with E-state index >= 15 is 0 Å². The minimum absolute atomic E-state index is 0.102. The molecule has 4 rings (SSSR count). The number of carbonyl (C=O) groups excluding carboxylic acids is 3. The van der Waals surface area contributed by atoms with Crippen LogP contribution in [0.5, 0.6) is 0 Å². The van der Waals surface area contributed by atoms with Gasteiger partial charge in [-0.25, -0.2) is 9.69 Å². The Kier molecular flexibility index (Phi) is 4.56. The van der Waals surface area contributed by atoms with Crippen LogP contribution in [0.25, 0.3) is 11.8 Å². The molecule has 1 N–H and O–H groups in total. The molecule has 0 saturated carbocycles. The Morgan fingerprint density at radius 2 is 1.62 bits per heavy atom. The van der Waals surface area contributed by atoms with Crippen LogP contribution in [-0.4, -0.2) is 27.4 Å². The lowest BCUT2D eigenvalue weighted by atomic mass is 10.1. The van der Waals surface area contributed by atoms with Crippen LogP contribution in [0.15, 0.2) is 66.5 Å². The van der Waals surface area contributed by atoms with Gasteiger partial charge in [0, 0.05) is 29.5 Å². The summed E-state index contributed by atoms with van der Waals surface area (Å²) in [4.78, 5) is 42.4. The van der Waals surface area contributed by atoms with Crippen molar-refractivity contribution in [1.82, 2.24) is 14.9 Å². The average molecular weight is 386 g/mol. The SMILES string of the molecule is Cc1cc(/C=C2/C(=O)NC(=O)N(c3ccncc3)C2=O)c(C)n1-c1ccccc1. The van der Waals surface area contributed by atoms with E-state index in [1.807, 2.05) is 54.8 Å². The van der Waals surface area contributed by atoms with Crippen molar-refractivity contribution in [3.63, 3.8) is 0 Å². The van der Waals surface area contributed by atoms with E-state index < -0.39 is 17.8 Å². The van der Waals surface area contributed by atoms with Crippen molar-refractivity contribution in [1.29, 1.82) is 0 Å². The van der Waals surface area contributed by atoms with Gasteiger partial charge in [-0.3, -0.25) is 19.9 Å². The van der Waals surface area contributed by atoms with E-state index in [-0.39, 0.29) is 5.57 Å². The zero-order valence-electron chi connectivity index (χ0n) is 15.9.